The van der Waals surface area contributed by atoms with E-state index in [0.29, 0.717) is 19.5 Å². The molecule has 0 aliphatic rings. The van der Waals surface area contributed by atoms with E-state index in [-0.39, 0.29) is 6.04 Å². The number of hydrogen-bond donors (Lipinski definition) is 2. The molecule has 1 aromatic heterocycles. The number of aromatic nitrogens is 2. The Balaban J connectivity index is 2.69. The molecule has 0 radical (unpaired) electrons. The molecule has 0 fully saturated rings. The second-order valence-electron chi connectivity index (χ2n) is 4.42. The largest absolute Gasteiger partial charge is 0.368 e. The van der Waals surface area contributed by atoms with E-state index < -0.39 is 11.9 Å². The lowest BCUT2D eigenvalue weighted by molar-refractivity contribution is -0.120. The first-order valence-corrected chi connectivity index (χ1v) is 6.13. The lowest BCUT2D eigenvalue weighted by Crippen LogP contribution is -2.36. The van der Waals surface area contributed by atoms with Gasteiger partial charge in [0.15, 0.2) is 0 Å². The van der Waals surface area contributed by atoms with Gasteiger partial charge in [-0.25, -0.2) is 4.98 Å². The number of hydrogen-bond acceptors (Lipinski definition) is 4. The fraction of sp³-hybridized carbons (Fsp3) is 0.636. The van der Waals surface area contributed by atoms with Gasteiger partial charge in [0.2, 0.25) is 5.91 Å². The second kappa shape index (κ2) is 7.40. The molecule has 8 heteroatoms. The molecule has 19 heavy (non-hydrogen) atoms. The number of rotatable bonds is 8. The summed E-state index contributed by atoms with van der Waals surface area (Å²) in [5, 5.41) is 6.49. The zero-order valence-corrected chi connectivity index (χ0v) is 11.2. The van der Waals surface area contributed by atoms with E-state index in [1.807, 2.05) is 18.4 Å². The van der Waals surface area contributed by atoms with Crippen LogP contribution in [0, 0.1) is 0 Å². The van der Waals surface area contributed by atoms with Crippen LogP contribution in [-0.2, 0) is 4.79 Å². The number of carbonyl (C=O) groups is 1. The van der Waals surface area contributed by atoms with Gasteiger partial charge in [-0.2, -0.15) is 0 Å². The van der Waals surface area contributed by atoms with E-state index in [2.05, 4.69) is 20.3 Å². The number of nitrogens with zero attached hydrogens (tertiary/aromatic N) is 5. The van der Waals surface area contributed by atoms with Gasteiger partial charge in [0.25, 0.3) is 0 Å². The molecule has 0 saturated heterocycles. The molecule has 8 nitrogen and oxygen atoms in total. The van der Waals surface area contributed by atoms with Crippen LogP contribution in [-0.4, -0.2) is 28.5 Å². The average Bonchev–Trinajstić information content (AvgIpc) is 2.82. The number of primary amides is 1. The third-order valence-corrected chi connectivity index (χ3v) is 2.68. The summed E-state index contributed by atoms with van der Waals surface area (Å²) in [4.78, 5) is 18.2. The lowest BCUT2D eigenvalue weighted by atomic mass is 10.2. The zero-order valence-electron chi connectivity index (χ0n) is 11.2. The fourth-order valence-corrected chi connectivity index (χ4v) is 1.76. The van der Waals surface area contributed by atoms with Crippen molar-refractivity contribution in [3.8, 4) is 0 Å². The maximum absolute atomic E-state index is 11.5. The Bertz CT molecular complexity index is 461. The summed E-state index contributed by atoms with van der Waals surface area (Å²) in [7, 11) is 0. The van der Waals surface area contributed by atoms with Crippen molar-refractivity contribution in [2.45, 2.75) is 32.4 Å². The number of amides is 1. The molecule has 0 aliphatic carbocycles. The molecule has 0 aromatic carbocycles. The Morgan fingerprint density at radius 3 is 3.00 bits per heavy atom. The van der Waals surface area contributed by atoms with Gasteiger partial charge >= 0.3 is 0 Å². The molecule has 1 heterocycles. The first-order chi connectivity index (χ1) is 9.07. The normalized spacial score (nSPS) is 12.2. The Morgan fingerprint density at radius 1 is 1.68 bits per heavy atom. The van der Waals surface area contributed by atoms with Crippen LogP contribution in [0.25, 0.3) is 10.4 Å². The van der Waals surface area contributed by atoms with Crippen molar-refractivity contribution in [3.05, 3.63) is 28.7 Å². The summed E-state index contributed by atoms with van der Waals surface area (Å²) < 4.78 is 1.90. The molecule has 104 valence electrons. The number of nitrogens with two attached hydrogens (primary N) is 1. The van der Waals surface area contributed by atoms with Crippen LogP contribution in [0.1, 0.15) is 38.0 Å². The van der Waals surface area contributed by atoms with Gasteiger partial charge in [-0.1, -0.05) is 5.11 Å². The molecule has 1 aromatic rings. The monoisotopic (exact) mass is 265 g/mol. The molecule has 1 unspecified atom stereocenters. The predicted molar refractivity (Wildman–Crippen MR) is 71.2 cm³/mol. The number of nitrogens with one attached hydrogen (secondary N) is 1. The number of imidazole rings is 1. The third kappa shape index (κ3) is 4.27. The van der Waals surface area contributed by atoms with Gasteiger partial charge in [0, 0.05) is 17.5 Å². The van der Waals surface area contributed by atoms with Gasteiger partial charge in [-0.15, -0.1) is 0 Å². The standard InChI is InChI=1S/C11H19N7O/c1-8(2)18-7-14-6-9(18)10(11(12)19)15-4-3-5-16-17-13/h6-8,10,15H,3-5H2,1-2H3,(H2,12,19). The van der Waals surface area contributed by atoms with Crippen LogP contribution >= 0.6 is 0 Å². The van der Waals surface area contributed by atoms with Gasteiger partial charge < -0.3 is 15.6 Å². The van der Waals surface area contributed by atoms with Crippen LogP contribution < -0.4 is 11.1 Å². The van der Waals surface area contributed by atoms with E-state index in [1.54, 1.807) is 12.5 Å². The summed E-state index contributed by atoms with van der Waals surface area (Å²) in [5.74, 6) is -0.453. The minimum absolute atomic E-state index is 0.198. The SMILES string of the molecule is CC(C)n1cncc1C(NCCCN=[N+]=[N-])C(N)=O. The van der Waals surface area contributed by atoms with Crippen LogP contribution in [0.2, 0.25) is 0 Å². The zero-order chi connectivity index (χ0) is 14.3. The Kier molecular flexibility index (Phi) is 5.84. The lowest BCUT2D eigenvalue weighted by Gasteiger charge is -2.19. The molecule has 1 atom stereocenters. The average molecular weight is 265 g/mol. The van der Waals surface area contributed by atoms with Crippen LogP contribution in [0.4, 0.5) is 0 Å². The number of carbonyl (C=O) groups excluding carboxylic acids is 1. The van der Waals surface area contributed by atoms with E-state index in [9.17, 15) is 4.79 Å². The molecule has 0 bridgehead atoms. The van der Waals surface area contributed by atoms with Crippen molar-refractivity contribution in [1.29, 1.82) is 0 Å². The Labute approximate surface area is 111 Å². The van der Waals surface area contributed by atoms with Gasteiger partial charge in [0.05, 0.1) is 18.2 Å². The maximum atomic E-state index is 11.5. The number of azide groups is 1. The third-order valence-electron chi connectivity index (χ3n) is 2.68. The topological polar surface area (TPSA) is 122 Å². The van der Waals surface area contributed by atoms with Gasteiger partial charge in [-0.05, 0) is 32.3 Å². The molecule has 3 N–H and O–H groups in total. The first kappa shape index (κ1) is 15.0. The van der Waals surface area contributed by atoms with E-state index in [1.165, 1.54) is 0 Å². The molecule has 0 spiro atoms. The Morgan fingerprint density at radius 2 is 2.42 bits per heavy atom. The molecule has 0 saturated carbocycles. The molecule has 1 amide bonds. The van der Waals surface area contributed by atoms with Crippen molar-refractivity contribution in [3.63, 3.8) is 0 Å². The summed E-state index contributed by atoms with van der Waals surface area (Å²) in [5.41, 5.74) is 14.3. The molecular weight excluding hydrogens is 246 g/mol. The minimum atomic E-state index is -0.587. The highest BCUT2D eigenvalue weighted by atomic mass is 16.1. The van der Waals surface area contributed by atoms with Crippen molar-refractivity contribution < 1.29 is 4.79 Å². The highest BCUT2D eigenvalue weighted by Crippen LogP contribution is 2.16. The summed E-state index contributed by atoms with van der Waals surface area (Å²) in [6.07, 6.45) is 3.96. The smallest absolute Gasteiger partial charge is 0.240 e. The van der Waals surface area contributed by atoms with Crippen LogP contribution in [0.5, 0.6) is 0 Å². The van der Waals surface area contributed by atoms with Gasteiger partial charge in [0.1, 0.15) is 6.04 Å². The predicted octanol–water partition coefficient (Wildman–Crippen LogP) is 1.28. The maximum Gasteiger partial charge on any atom is 0.240 e. The molecule has 1 rings (SSSR count). The Hall–Kier alpha value is -2.05. The van der Waals surface area contributed by atoms with Gasteiger partial charge in [-0.3, -0.25) is 4.79 Å². The summed E-state index contributed by atoms with van der Waals surface area (Å²) in [6, 6.07) is -0.389. The van der Waals surface area contributed by atoms with Crippen LogP contribution in [0.3, 0.4) is 0 Å². The van der Waals surface area contributed by atoms with Crippen LogP contribution in [0.15, 0.2) is 17.6 Å². The quantitative estimate of drug-likeness (QED) is 0.318. The highest BCUT2D eigenvalue weighted by molar-refractivity contribution is 5.80. The minimum Gasteiger partial charge on any atom is -0.368 e. The van der Waals surface area contributed by atoms with E-state index >= 15 is 0 Å². The van der Waals surface area contributed by atoms with Crippen molar-refractivity contribution in [2.24, 2.45) is 10.8 Å². The highest BCUT2D eigenvalue weighted by Gasteiger charge is 2.21. The van der Waals surface area contributed by atoms with E-state index in [4.69, 9.17) is 11.3 Å². The fourth-order valence-electron chi connectivity index (χ4n) is 1.76. The van der Waals surface area contributed by atoms with Crippen molar-refractivity contribution in [1.82, 2.24) is 14.9 Å². The van der Waals surface area contributed by atoms with Crippen molar-refractivity contribution >= 4 is 5.91 Å². The molecular formula is C11H19N7O. The second-order valence-corrected chi connectivity index (χ2v) is 4.42. The molecule has 0 aliphatic heterocycles. The first-order valence-electron chi connectivity index (χ1n) is 6.13. The summed E-state index contributed by atoms with van der Waals surface area (Å²) in [6.45, 7) is 4.93. The summed E-state index contributed by atoms with van der Waals surface area (Å²) >= 11 is 0. The van der Waals surface area contributed by atoms with E-state index in [0.717, 1.165) is 5.69 Å². The van der Waals surface area contributed by atoms with Crippen molar-refractivity contribution in [2.75, 3.05) is 13.1 Å².